The minimum Gasteiger partial charge on any atom is -0.478 e. The number of carboxylic acid groups (broad SMARTS) is 1. The first-order chi connectivity index (χ1) is 7.46. The van der Waals surface area contributed by atoms with Crippen molar-refractivity contribution in [1.29, 1.82) is 0 Å². The Hall–Kier alpha value is -1.36. The number of carbonyl (C=O) groups is 1. The number of aromatic nitrogens is 2. The quantitative estimate of drug-likeness (QED) is 0.845. The van der Waals surface area contributed by atoms with E-state index in [2.05, 4.69) is 18.9 Å². The SMILES string of the molecule is CC1(C)CCC(Cn2cc(C(=O)O)cn2)O1. The molecule has 1 aliphatic rings. The van der Waals surface area contributed by atoms with E-state index in [9.17, 15) is 4.79 Å². The van der Waals surface area contributed by atoms with Crippen LogP contribution in [0.4, 0.5) is 0 Å². The zero-order valence-corrected chi connectivity index (χ0v) is 9.51. The normalized spacial score (nSPS) is 23.5. The maximum absolute atomic E-state index is 10.7. The molecule has 1 saturated heterocycles. The molecule has 1 aromatic rings. The molecule has 5 heteroatoms. The van der Waals surface area contributed by atoms with Crippen LogP contribution in [0.3, 0.4) is 0 Å². The van der Waals surface area contributed by atoms with Gasteiger partial charge in [0.15, 0.2) is 0 Å². The standard InChI is InChI=1S/C11H16N2O3/c1-11(2)4-3-9(16-11)7-13-6-8(5-12-13)10(14)15/h5-6,9H,3-4,7H2,1-2H3,(H,14,15). The first kappa shape index (κ1) is 11.1. The van der Waals surface area contributed by atoms with Crippen LogP contribution in [0, 0.1) is 0 Å². The maximum Gasteiger partial charge on any atom is 0.338 e. The van der Waals surface area contributed by atoms with Gasteiger partial charge in [-0.05, 0) is 26.7 Å². The van der Waals surface area contributed by atoms with Crippen LogP contribution in [0.25, 0.3) is 0 Å². The smallest absolute Gasteiger partial charge is 0.338 e. The highest BCUT2D eigenvalue weighted by molar-refractivity contribution is 5.86. The molecule has 1 fully saturated rings. The second kappa shape index (κ2) is 3.90. The Morgan fingerprint density at radius 2 is 2.50 bits per heavy atom. The largest absolute Gasteiger partial charge is 0.478 e. The van der Waals surface area contributed by atoms with Gasteiger partial charge in [-0.15, -0.1) is 0 Å². The molecule has 1 unspecified atom stereocenters. The summed E-state index contributed by atoms with van der Waals surface area (Å²) in [5.41, 5.74) is 0.158. The van der Waals surface area contributed by atoms with Gasteiger partial charge in [0, 0.05) is 6.20 Å². The number of nitrogens with zero attached hydrogens (tertiary/aromatic N) is 2. The van der Waals surface area contributed by atoms with Crippen molar-refractivity contribution in [2.24, 2.45) is 0 Å². The van der Waals surface area contributed by atoms with Gasteiger partial charge in [-0.3, -0.25) is 4.68 Å². The molecule has 0 saturated carbocycles. The molecule has 16 heavy (non-hydrogen) atoms. The van der Waals surface area contributed by atoms with Crippen LogP contribution in [-0.4, -0.2) is 32.6 Å². The molecule has 1 aliphatic heterocycles. The van der Waals surface area contributed by atoms with Crippen molar-refractivity contribution in [1.82, 2.24) is 9.78 Å². The third-order valence-corrected chi connectivity index (χ3v) is 2.82. The summed E-state index contributed by atoms with van der Waals surface area (Å²) in [7, 11) is 0. The minimum atomic E-state index is -0.945. The highest BCUT2D eigenvalue weighted by Crippen LogP contribution is 2.29. The predicted octanol–water partition coefficient (Wildman–Crippen LogP) is 1.54. The van der Waals surface area contributed by atoms with E-state index in [1.165, 1.54) is 12.4 Å². The van der Waals surface area contributed by atoms with Gasteiger partial charge >= 0.3 is 5.97 Å². The summed E-state index contributed by atoms with van der Waals surface area (Å²) in [4.78, 5) is 10.7. The Bertz CT molecular complexity index is 398. The average Bonchev–Trinajstić information content (AvgIpc) is 2.73. The van der Waals surface area contributed by atoms with Gasteiger partial charge < -0.3 is 9.84 Å². The van der Waals surface area contributed by atoms with E-state index >= 15 is 0 Å². The fraction of sp³-hybridized carbons (Fsp3) is 0.636. The summed E-state index contributed by atoms with van der Waals surface area (Å²) in [5, 5.41) is 12.8. The van der Waals surface area contributed by atoms with E-state index in [1.807, 2.05) is 0 Å². The number of carboxylic acids is 1. The molecule has 0 radical (unpaired) electrons. The van der Waals surface area contributed by atoms with Crippen LogP contribution in [-0.2, 0) is 11.3 Å². The Balaban J connectivity index is 1.97. The number of ether oxygens (including phenoxy) is 1. The van der Waals surface area contributed by atoms with Crippen LogP contribution in [0.1, 0.15) is 37.0 Å². The average molecular weight is 224 g/mol. The van der Waals surface area contributed by atoms with Crippen molar-refractivity contribution in [3.8, 4) is 0 Å². The molecule has 2 rings (SSSR count). The molecule has 1 N–H and O–H groups in total. The van der Waals surface area contributed by atoms with Crippen molar-refractivity contribution in [3.05, 3.63) is 18.0 Å². The van der Waals surface area contributed by atoms with Crippen LogP contribution in [0.15, 0.2) is 12.4 Å². The molecule has 0 amide bonds. The molecule has 5 nitrogen and oxygen atoms in total. The molecular weight excluding hydrogens is 208 g/mol. The lowest BCUT2D eigenvalue weighted by Crippen LogP contribution is -2.23. The lowest BCUT2D eigenvalue weighted by atomic mass is 10.1. The molecule has 88 valence electrons. The molecule has 0 spiro atoms. The van der Waals surface area contributed by atoms with Gasteiger partial charge in [0.1, 0.15) is 0 Å². The zero-order chi connectivity index (χ0) is 11.8. The lowest BCUT2D eigenvalue weighted by Gasteiger charge is -2.19. The van der Waals surface area contributed by atoms with Gasteiger partial charge in [-0.25, -0.2) is 4.79 Å². The van der Waals surface area contributed by atoms with Gasteiger partial charge in [0.05, 0.1) is 30.0 Å². The van der Waals surface area contributed by atoms with Gasteiger partial charge in [0.2, 0.25) is 0 Å². The topological polar surface area (TPSA) is 64.4 Å². The Kier molecular flexibility index (Phi) is 2.71. The second-order valence-corrected chi connectivity index (χ2v) is 4.79. The summed E-state index contributed by atoms with van der Waals surface area (Å²) < 4.78 is 7.45. The van der Waals surface area contributed by atoms with E-state index in [0.717, 1.165) is 12.8 Å². The summed E-state index contributed by atoms with van der Waals surface area (Å²) in [5.74, 6) is -0.945. The molecule has 0 bridgehead atoms. The second-order valence-electron chi connectivity index (χ2n) is 4.79. The fourth-order valence-corrected chi connectivity index (χ4v) is 1.99. The minimum absolute atomic E-state index is 0.0621. The Labute approximate surface area is 94.0 Å². The Morgan fingerprint density at radius 3 is 3.00 bits per heavy atom. The van der Waals surface area contributed by atoms with Crippen molar-refractivity contribution in [2.75, 3.05) is 0 Å². The van der Waals surface area contributed by atoms with Crippen LogP contribution < -0.4 is 0 Å². The first-order valence-corrected chi connectivity index (χ1v) is 5.40. The third kappa shape index (κ3) is 2.41. The van der Waals surface area contributed by atoms with Crippen molar-refractivity contribution >= 4 is 5.97 Å². The van der Waals surface area contributed by atoms with Crippen LogP contribution in [0.5, 0.6) is 0 Å². The summed E-state index contributed by atoms with van der Waals surface area (Å²) in [6.45, 7) is 4.76. The summed E-state index contributed by atoms with van der Waals surface area (Å²) in [6, 6.07) is 0. The maximum atomic E-state index is 10.7. The van der Waals surface area contributed by atoms with Crippen molar-refractivity contribution < 1.29 is 14.6 Å². The van der Waals surface area contributed by atoms with Gasteiger partial charge in [-0.1, -0.05) is 0 Å². The number of rotatable bonds is 3. The van der Waals surface area contributed by atoms with Crippen LogP contribution in [0.2, 0.25) is 0 Å². The van der Waals surface area contributed by atoms with Crippen molar-refractivity contribution in [2.45, 2.75) is 44.9 Å². The third-order valence-electron chi connectivity index (χ3n) is 2.82. The van der Waals surface area contributed by atoms with E-state index < -0.39 is 5.97 Å². The van der Waals surface area contributed by atoms with E-state index in [-0.39, 0.29) is 17.3 Å². The van der Waals surface area contributed by atoms with Crippen LogP contribution >= 0.6 is 0 Å². The van der Waals surface area contributed by atoms with Gasteiger partial charge in [-0.2, -0.15) is 5.10 Å². The molecule has 1 aromatic heterocycles. The van der Waals surface area contributed by atoms with E-state index in [4.69, 9.17) is 9.84 Å². The molecular formula is C11H16N2O3. The highest BCUT2D eigenvalue weighted by Gasteiger charge is 2.31. The van der Waals surface area contributed by atoms with Gasteiger partial charge in [0.25, 0.3) is 0 Å². The fourth-order valence-electron chi connectivity index (χ4n) is 1.99. The number of hydrogen-bond acceptors (Lipinski definition) is 3. The number of aromatic carboxylic acids is 1. The zero-order valence-electron chi connectivity index (χ0n) is 9.51. The molecule has 0 aliphatic carbocycles. The molecule has 0 aromatic carbocycles. The highest BCUT2D eigenvalue weighted by atomic mass is 16.5. The monoisotopic (exact) mass is 224 g/mol. The molecule has 2 heterocycles. The summed E-state index contributed by atoms with van der Waals surface area (Å²) in [6.07, 6.45) is 5.07. The first-order valence-electron chi connectivity index (χ1n) is 5.40. The number of hydrogen-bond donors (Lipinski definition) is 1. The predicted molar refractivity (Wildman–Crippen MR) is 57.4 cm³/mol. The van der Waals surface area contributed by atoms with E-state index in [0.29, 0.717) is 6.54 Å². The Morgan fingerprint density at radius 1 is 1.75 bits per heavy atom. The summed E-state index contributed by atoms with van der Waals surface area (Å²) >= 11 is 0. The molecule has 1 atom stereocenters. The van der Waals surface area contributed by atoms with E-state index in [1.54, 1.807) is 4.68 Å². The lowest BCUT2D eigenvalue weighted by molar-refractivity contribution is -0.0230. The van der Waals surface area contributed by atoms with Crippen molar-refractivity contribution in [3.63, 3.8) is 0 Å².